The minimum Gasteiger partial charge on any atom is -0.418 e. The lowest BCUT2D eigenvalue weighted by Gasteiger charge is -2.28. The number of nitrogens with zero attached hydrogens (tertiary/aromatic N) is 1. The van der Waals surface area contributed by atoms with Crippen LogP contribution in [-0.2, 0) is 32.2 Å². The molecule has 1 aromatic heterocycles. The SMILES string of the molecule is CC[n+]1c2c(c(-c3ccccc3)c3c1-c1ccccc1CC3)CCc1ccccc1-2.F[B-](F)(F)F. The summed E-state index contributed by atoms with van der Waals surface area (Å²) in [5.41, 5.74) is 14.6. The molecule has 2 aliphatic carbocycles. The Hall–Kier alpha value is -3.41. The molecular weight excluding hydrogens is 449 g/mol. The second-order valence-electron chi connectivity index (χ2n) is 8.95. The highest BCUT2D eigenvalue weighted by atomic mass is 19.5. The Labute approximate surface area is 203 Å². The Bertz CT molecular complexity index is 1270. The van der Waals surface area contributed by atoms with Gasteiger partial charge >= 0.3 is 7.25 Å². The molecule has 6 rings (SSSR count). The molecule has 0 unspecified atom stereocenters. The van der Waals surface area contributed by atoms with Gasteiger partial charge in [0.2, 0.25) is 11.4 Å². The van der Waals surface area contributed by atoms with Gasteiger partial charge in [0.05, 0.1) is 0 Å². The van der Waals surface area contributed by atoms with E-state index in [-0.39, 0.29) is 0 Å². The van der Waals surface area contributed by atoms with Gasteiger partial charge in [0, 0.05) is 27.8 Å². The van der Waals surface area contributed by atoms with Crippen LogP contribution in [-0.4, -0.2) is 7.25 Å². The zero-order valence-electron chi connectivity index (χ0n) is 19.6. The van der Waals surface area contributed by atoms with Crippen molar-refractivity contribution in [1.82, 2.24) is 0 Å². The van der Waals surface area contributed by atoms with Gasteiger partial charge in [-0.15, -0.1) is 0 Å². The molecule has 3 aromatic carbocycles. The summed E-state index contributed by atoms with van der Waals surface area (Å²) in [6.07, 6.45) is 4.49. The summed E-state index contributed by atoms with van der Waals surface area (Å²) in [6, 6.07) is 29.1. The van der Waals surface area contributed by atoms with Gasteiger partial charge in [-0.2, -0.15) is 4.57 Å². The number of aromatic nitrogens is 1. The molecule has 2 aliphatic rings. The van der Waals surface area contributed by atoms with Gasteiger partial charge in [-0.05, 0) is 61.4 Å². The molecule has 0 spiro atoms. The molecule has 4 aromatic rings. The molecule has 0 amide bonds. The van der Waals surface area contributed by atoms with Crippen LogP contribution < -0.4 is 4.57 Å². The first-order valence-electron chi connectivity index (χ1n) is 12.1. The van der Waals surface area contributed by atoms with Gasteiger partial charge in [0.25, 0.3) is 0 Å². The fourth-order valence-electron chi connectivity index (χ4n) is 5.69. The van der Waals surface area contributed by atoms with E-state index in [1.54, 1.807) is 11.1 Å². The highest BCUT2D eigenvalue weighted by Crippen LogP contribution is 2.44. The van der Waals surface area contributed by atoms with Crippen LogP contribution >= 0.6 is 0 Å². The number of pyridine rings is 1. The van der Waals surface area contributed by atoms with Crippen LogP contribution in [0, 0.1) is 0 Å². The van der Waals surface area contributed by atoms with Crippen LogP contribution in [0.25, 0.3) is 33.6 Å². The molecule has 1 heterocycles. The molecule has 0 bridgehead atoms. The first-order valence-corrected chi connectivity index (χ1v) is 12.1. The Morgan fingerprint density at radius 3 is 1.51 bits per heavy atom. The second kappa shape index (κ2) is 9.33. The highest BCUT2D eigenvalue weighted by molar-refractivity contribution is 6.50. The fourth-order valence-corrected chi connectivity index (χ4v) is 5.69. The van der Waals surface area contributed by atoms with E-state index in [0.29, 0.717) is 0 Å². The van der Waals surface area contributed by atoms with Crippen molar-refractivity contribution in [2.45, 2.75) is 39.2 Å². The molecule has 0 aliphatic heterocycles. The summed E-state index contributed by atoms with van der Waals surface area (Å²) < 4.78 is 41.6. The molecule has 35 heavy (non-hydrogen) atoms. The molecule has 0 radical (unpaired) electrons. The van der Waals surface area contributed by atoms with Crippen molar-refractivity contribution in [1.29, 1.82) is 0 Å². The maximum Gasteiger partial charge on any atom is 0.673 e. The number of hydrogen-bond donors (Lipinski definition) is 0. The van der Waals surface area contributed by atoms with Crippen LogP contribution in [0.5, 0.6) is 0 Å². The molecule has 0 atom stereocenters. The average Bonchev–Trinajstić information content (AvgIpc) is 2.86. The van der Waals surface area contributed by atoms with Crippen molar-refractivity contribution in [3.05, 3.63) is 101 Å². The quantitative estimate of drug-likeness (QED) is 0.161. The van der Waals surface area contributed by atoms with Gasteiger partial charge < -0.3 is 17.3 Å². The van der Waals surface area contributed by atoms with Crippen LogP contribution in [0.15, 0.2) is 78.9 Å². The number of rotatable bonds is 2. The number of hydrogen-bond acceptors (Lipinski definition) is 0. The Kier molecular flexibility index (Phi) is 6.22. The van der Waals surface area contributed by atoms with Gasteiger partial charge in [-0.25, -0.2) is 0 Å². The van der Waals surface area contributed by atoms with Crippen molar-refractivity contribution in [2.24, 2.45) is 0 Å². The van der Waals surface area contributed by atoms with Gasteiger partial charge in [0.1, 0.15) is 6.54 Å². The Morgan fingerprint density at radius 1 is 0.629 bits per heavy atom. The van der Waals surface area contributed by atoms with Gasteiger partial charge in [-0.1, -0.05) is 66.7 Å². The second-order valence-corrected chi connectivity index (χ2v) is 8.95. The van der Waals surface area contributed by atoms with E-state index >= 15 is 0 Å². The smallest absolute Gasteiger partial charge is 0.418 e. The summed E-state index contributed by atoms with van der Waals surface area (Å²) >= 11 is 0. The summed E-state index contributed by atoms with van der Waals surface area (Å²) in [4.78, 5) is 0. The zero-order chi connectivity index (χ0) is 24.6. The average molecular weight is 475 g/mol. The zero-order valence-corrected chi connectivity index (χ0v) is 19.6. The van der Waals surface area contributed by atoms with E-state index in [1.807, 2.05) is 0 Å². The molecule has 1 nitrogen and oxygen atoms in total. The normalized spacial score (nSPS) is 13.5. The van der Waals surface area contributed by atoms with Gasteiger partial charge in [-0.3, -0.25) is 0 Å². The lowest BCUT2D eigenvalue weighted by atomic mass is 9.77. The standard InChI is InChI=1S/C29H26N.BF4/c1-2-30-28-23-14-8-6-10-20(23)16-18-25(28)27(22-12-4-3-5-13-22)26-19-17-21-11-7-9-15-24(21)29(26)30;2-1(3,4)5/h3-15H,2,16-19H2,1H3;/q+1;-1. The first kappa shape index (κ1) is 23.3. The molecule has 0 fully saturated rings. The van der Waals surface area contributed by atoms with E-state index in [0.717, 1.165) is 32.2 Å². The van der Waals surface area contributed by atoms with E-state index in [2.05, 4.69) is 90.4 Å². The third kappa shape index (κ3) is 4.50. The number of fused-ring (bicyclic) bond motifs is 6. The van der Waals surface area contributed by atoms with Crippen LogP contribution in [0.3, 0.4) is 0 Å². The Balaban J connectivity index is 0.000000464. The molecule has 0 saturated heterocycles. The molecule has 0 saturated carbocycles. The van der Waals surface area contributed by atoms with Crippen molar-refractivity contribution in [3.63, 3.8) is 0 Å². The van der Waals surface area contributed by atoms with E-state index < -0.39 is 7.25 Å². The Morgan fingerprint density at radius 2 is 1.06 bits per heavy atom. The number of aryl methyl sites for hydroxylation is 2. The summed E-state index contributed by atoms with van der Waals surface area (Å²) in [5, 5.41) is 0. The summed E-state index contributed by atoms with van der Waals surface area (Å²) in [7, 11) is -6.00. The van der Waals surface area contributed by atoms with E-state index in [1.165, 1.54) is 44.8 Å². The first-order chi connectivity index (χ1) is 16.9. The highest BCUT2D eigenvalue weighted by Gasteiger charge is 2.36. The fraction of sp³-hybridized carbons (Fsp3) is 0.207. The van der Waals surface area contributed by atoms with Crippen molar-refractivity contribution in [2.75, 3.05) is 0 Å². The van der Waals surface area contributed by atoms with Crippen molar-refractivity contribution >= 4 is 7.25 Å². The molecular formula is C29H26BF4N. The molecule has 178 valence electrons. The van der Waals surface area contributed by atoms with Crippen LogP contribution in [0.2, 0.25) is 0 Å². The number of halogens is 4. The lowest BCUT2D eigenvalue weighted by Crippen LogP contribution is -2.42. The third-order valence-corrected chi connectivity index (χ3v) is 6.93. The minimum absolute atomic E-state index is 0.988. The molecule has 0 N–H and O–H groups in total. The lowest BCUT2D eigenvalue weighted by molar-refractivity contribution is -0.672. The minimum atomic E-state index is -6.00. The number of benzene rings is 3. The maximum absolute atomic E-state index is 9.75. The molecule has 6 heteroatoms. The topological polar surface area (TPSA) is 3.88 Å². The predicted octanol–water partition coefficient (Wildman–Crippen LogP) is 7.49. The van der Waals surface area contributed by atoms with E-state index in [9.17, 15) is 17.3 Å². The summed E-state index contributed by atoms with van der Waals surface area (Å²) in [5.74, 6) is 0. The van der Waals surface area contributed by atoms with Crippen LogP contribution in [0.1, 0.15) is 29.2 Å². The monoisotopic (exact) mass is 475 g/mol. The van der Waals surface area contributed by atoms with Crippen molar-refractivity contribution < 1.29 is 21.8 Å². The van der Waals surface area contributed by atoms with Crippen molar-refractivity contribution in [3.8, 4) is 33.6 Å². The maximum atomic E-state index is 9.75. The van der Waals surface area contributed by atoms with Gasteiger partial charge in [0.15, 0.2) is 0 Å². The third-order valence-electron chi connectivity index (χ3n) is 6.93. The largest absolute Gasteiger partial charge is 0.673 e. The summed E-state index contributed by atoms with van der Waals surface area (Å²) in [6.45, 7) is 3.29. The van der Waals surface area contributed by atoms with Crippen LogP contribution in [0.4, 0.5) is 17.3 Å². The predicted molar refractivity (Wildman–Crippen MR) is 134 cm³/mol. The van der Waals surface area contributed by atoms with E-state index in [4.69, 9.17) is 0 Å².